The molecule has 1 amide bonds. The first-order valence-corrected chi connectivity index (χ1v) is 10.4. The van der Waals surface area contributed by atoms with Crippen LogP contribution in [0.3, 0.4) is 0 Å². The molecular weight excluding hydrogens is 385 g/mol. The first-order valence-electron chi connectivity index (χ1n) is 10.4. The maximum absolute atomic E-state index is 13.1. The third-order valence-corrected chi connectivity index (χ3v) is 6.31. The number of nitrogens with zero attached hydrogens (tertiary/aromatic N) is 4. The molecule has 0 aliphatic carbocycles. The SMILES string of the molecule is O=C(NCc1ccco1)[C@H]1CN2CC[C@H]1C[C@@H]2Cn1cc(-c2ccc(F)cc2)nn1. The fourth-order valence-corrected chi connectivity index (χ4v) is 4.70. The lowest BCUT2D eigenvalue weighted by Crippen LogP contribution is -2.57. The quantitative estimate of drug-likeness (QED) is 0.678. The number of fused-ring (bicyclic) bond motifs is 3. The molecule has 0 saturated carbocycles. The van der Waals surface area contributed by atoms with Crippen molar-refractivity contribution in [2.45, 2.75) is 32.0 Å². The standard InChI is InChI=1S/C22H24FN5O2/c23-17-5-3-15(4-6-17)21-14-28(26-25-21)12-18-10-16-7-8-27(18)13-20(16)22(29)24-11-19-2-1-9-30-19/h1-6,9,14,16,18,20H,7-8,10-13H2,(H,24,29)/t16-,18+,20-/m0/s1. The van der Waals surface area contributed by atoms with Gasteiger partial charge >= 0.3 is 0 Å². The molecule has 30 heavy (non-hydrogen) atoms. The fraction of sp³-hybridized carbons (Fsp3) is 0.409. The van der Waals surface area contributed by atoms with Gasteiger partial charge in [0.05, 0.1) is 31.5 Å². The first kappa shape index (κ1) is 19.0. The van der Waals surface area contributed by atoms with Gasteiger partial charge in [-0.25, -0.2) is 4.39 Å². The number of furan rings is 1. The molecule has 3 fully saturated rings. The van der Waals surface area contributed by atoms with Crippen molar-refractivity contribution >= 4 is 5.91 Å². The second-order valence-electron chi connectivity index (χ2n) is 8.17. The van der Waals surface area contributed by atoms with Crippen LogP contribution in [-0.4, -0.2) is 44.9 Å². The van der Waals surface area contributed by atoms with Crippen molar-refractivity contribution in [2.24, 2.45) is 11.8 Å². The van der Waals surface area contributed by atoms with Gasteiger partial charge in [0.1, 0.15) is 17.3 Å². The maximum Gasteiger partial charge on any atom is 0.225 e. The van der Waals surface area contributed by atoms with E-state index in [4.69, 9.17) is 4.42 Å². The summed E-state index contributed by atoms with van der Waals surface area (Å²) in [7, 11) is 0. The summed E-state index contributed by atoms with van der Waals surface area (Å²) in [4.78, 5) is 15.1. The van der Waals surface area contributed by atoms with E-state index in [2.05, 4.69) is 20.5 Å². The molecule has 156 valence electrons. The Morgan fingerprint density at radius 3 is 2.87 bits per heavy atom. The van der Waals surface area contributed by atoms with Crippen LogP contribution in [-0.2, 0) is 17.9 Å². The molecule has 1 unspecified atom stereocenters. The zero-order valence-electron chi connectivity index (χ0n) is 16.6. The lowest BCUT2D eigenvalue weighted by Gasteiger charge is -2.49. The van der Waals surface area contributed by atoms with Crippen LogP contribution in [0.4, 0.5) is 4.39 Å². The number of nitrogens with one attached hydrogen (secondary N) is 1. The summed E-state index contributed by atoms with van der Waals surface area (Å²) in [5.74, 6) is 1.02. The molecular formula is C22H24FN5O2. The summed E-state index contributed by atoms with van der Waals surface area (Å²) >= 11 is 0. The number of hydrogen-bond acceptors (Lipinski definition) is 5. The Kier molecular flexibility index (Phi) is 5.08. The van der Waals surface area contributed by atoms with Gasteiger partial charge in [-0.3, -0.25) is 14.4 Å². The van der Waals surface area contributed by atoms with E-state index in [0.29, 0.717) is 18.5 Å². The highest BCUT2D eigenvalue weighted by atomic mass is 19.1. The van der Waals surface area contributed by atoms with Crippen LogP contribution in [0.2, 0.25) is 0 Å². The van der Waals surface area contributed by atoms with Crippen LogP contribution < -0.4 is 5.32 Å². The normalized spacial score (nSPS) is 25.4. The molecule has 2 bridgehead atoms. The molecule has 2 aromatic heterocycles. The van der Waals surface area contributed by atoms with E-state index in [1.54, 1.807) is 18.4 Å². The molecule has 1 aromatic carbocycles. The Labute approximate surface area is 173 Å². The van der Waals surface area contributed by atoms with Gasteiger partial charge < -0.3 is 9.73 Å². The number of amides is 1. The average Bonchev–Trinajstić information content (AvgIpc) is 3.45. The van der Waals surface area contributed by atoms with Crippen LogP contribution in [0.1, 0.15) is 18.6 Å². The predicted octanol–water partition coefficient (Wildman–Crippen LogP) is 2.70. The molecule has 3 saturated heterocycles. The summed E-state index contributed by atoms with van der Waals surface area (Å²) in [5.41, 5.74) is 1.59. The van der Waals surface area contributed by atoms with E-state index in [1.807, 2.05) is 23.0 Å². The highest BCUT2D eigenvalue weighted by Gasteiger charge is 2.43. The minimum absolute atomic E-state index is 0.0236. The molecule has 6 rings (SSSR count). The highest BCUT2D eigenvalue weighted by molar-refractivity contribution is 5.79. The van der Waals surface area contributed by atoms with Gasteiger partial charge in [0, 0.05) is 18.2 Å². The zero-order chi connectivity index (χ0) is 20.5. The predicted molar refractivity (Wildman–Crippen MR) is 108 cm³/mol. The van der Waals surface area contributed by atoms with Crippen LogP contribution in [0, 0.1) is 17.7 Å². The van der Waals surface area contributed by atoms with Gasteiger partial charge in [0.15, 0.2) is 0 Å². The van der Waals surface area contributed by atoms with Crippen molar-refractivity contribution < 1.29 is 13.6 Å². The van der Waals surface area contributed by atoms with Gasteiger partial charge in [0.25, 0.3) is 0 Å². The minimum atomic E-state index is -0.264. The number of piperidine rings is 3. The number of aromatic nitrogens is 3. The van der Waals surface area contributed by atoms with Crippen molar-refractivity contribution in [3.8, 4) is 11.3 Å². The molecule has 0 radical (unpaired) electrons. The Hall–Kier alpha value is -3.00. The highest BCUT2D eigenvalue weighted by Crippen LogP contribution is 2.37. The van der Waals surface area contributed by atoms with E-state index in [9.17, 15) is 9.18 Å². The number of benzene rings is 1. The Morgan fingerprint density at radius 1 is 1.27 bits per heavy atom. The van der Waals surface area contributed by atoms with E-state index in [-0.39, 0.29) is 17.6 Å². The summed E-state index contributed by atoms with van der Waals surface area (Å²) in [5, 5.41) is 11.5. The van der Waals surface area contributed by atoms with Crippen molar-refractivity contribution in [2.75, 3.05) is 13.1 Å². The molecule has 1 N–H and O–H groups in total. The monoisotopic (exact) mass is 409 g/mol. The van der Waals surface area contributed by atoms with E-state index in [1.165, 1.54) is 12.1 Å². The van der Waals surface area contributed by atoms with Gasteiger partial charge in [-0.15, -0.1) is 5.10 Å². The molecule has 3 aliphatic heterocycles. The van der Waals surface area contributed by atoms with Crippen molar-refractivity contribution in [3.05, 3.63) is 60.4 Å². The first-order chi connectivity index (χ1) is 14.7. The summed E-state index contributed by atoms with van der Waals surface area (Å²) in [6, 6.07) is 10.3. The molecule has 5 heterocycles. The molecule has 3 aromatic rings. The van der Waals surface area contributed by atoms with Gasteiger partial charge in [0.2, 0.25) is 5.91 Å². The molecule has 3 aliphatic rings. The van der Waals surface area contributed by atoms with Gasteiger partial charge in [-0.2, -0.15) is 0 Å². The number of carbonyl (C=O) groups is 1. The topological polar surface area (TPSA) is 76.2 Å². The lowest BCUT2D eigenvalue weighted by atomic mass is 9.75. The second-order valence-corrected chi connectivity index (χ2v) is 8.17. The van der Waals surface area contributed by atoms with Gasteiger partial charge in [-0.1, -0.05) is 5.21 Å². The molecule has 4 atom stereocenters. The van der Waals surface area contributed by atoms with Crippen LogP contribution >= 0.6 is 0 Å². The van der Waals surface area contributed by atoms with Crippen molar-refractivity contribution in [3.63, 3.8) is 0 Å². The Balaban J connectivity index is 1.19. The summed E-state index contributed by atoms with van der Waals surface area (Å²) in [6.07, 6.45) is 5.55. The third-order valence-electron chi connectivity index (χ3n) is 6.31. The lowest BCUT2D eigenvalue weighted by molar-refractivity contribution is -0.133. The number of carbonyl (C=O) groups excluding carboxylic acids is 1. The van der Waals surface area contributed by atoms with E-state index >= 15 is 0 Å². The smallest absolute Gasteiger partial charge is 0.225 e. The Morgan fingerprint density at radius 2 is 2.13 bits per heavy atom. The van der Waals surface area contributed by atoms with Crippen molar-refractivity contribution in [1.82, 2.24) is 25.2 Å². The fourth-order valence-electron chi connectivity index (χ4n) is 4.70. The average molecular weight is 409 g/mol. The molecule has 8 heteroatoms. The number of rotatable bonds is 6. The maximum atomic E-state index is 13.1. The molecule has 7 nitrogen and oxygen atoms in total. The number of hydrogen-bond donors (Lipinski definition) is 1. The largest absolute Gasteiger partial charge is 0.467 e. The minimum Gasteiger partial charge on any atom is -0.467 e. The summed E-state index contributed by atoms with van der Waals surface area (Å²) < 4.78 is 20.3. The number of halogens is 1. The molecule has 0 spiro atoms. The van der Waals surface area contributed by atoms with Crippen LogP contribution in [0.25, 0.3) is 11.3 Å². The van der Waals surface area contributed by atoms with Crippen LogP contribution in [0.5, 0.6) is 0 Å². The van der Waals surface area contributed by atoms with Gasteiger partial charge in [-0.05, 0) is 61.7 Å². The Bertz CT molecular complexity index is 1000. The second kappa shape index (κ2) is 8.02. The van der Waals surface area contributed by atoms with E-state index < -0.39 is 0 Å². The summed E-state index contributed by atoms with van der Waals surface area (Å²) in [6.45, 7) is 2.96. The zero-order valence-corrected chi connectivity index (χ0v) is 16.6. The third kappa shape index (κ3) is 3.87. The van der Waals surface area contributed by atoms with E-state index in [0.717, 1.165) is 49.5 Å². The van der Waals surface area contributed by atoms with Crippen LogP contribution in [0.15, 0.2) is 53.3 Å². The van der Waals surface area contributed by atoms with Crippen molar-refractivity contribution in [1.29, 1.82) is 0 Å².